The molecule has 19 heavy (non-hydrogen) atoms. The molecule has 98 valence electrons. The van der Waals surface area contributed by atoms with Crippen molar-refractivity contribution in [3.05, 3.63) is 71.0 Å². The Morgan fingerprint density at radius 3 is 2.42 bits per heavy atom. The Hall–Kier alpha value is -1.67. The zero-order chi connectivity index (χ0) is 13.1. The van der Waals surface area contributed by atoms with E-state index in [1.165, 1.54) is 36.1 Å². The number of nitrogens with one attached hydrogen (secondary N) is 1. The van der Waals surface area contributed by atoms with E-state index < -0.39 is 0 Å². The molecule has 0 radical (unpaired) electrons. The van der Waals surface area contributed by atoms with Crippen molar-refractivity contribution in [3.8, 4) is 0 Å². The van der Waals surface area contributed by atoms with Crippen molar-refractivity contribution >= 4 is 0 Å². The van der Waals surface area contributed by atoms with Crippen LogP contribution in [0, 0.1) is 5.82 Å². The van der Waals surface area contributed by atoms with Gasteiger partial charge in [-0.15, -0.1) is 0 Å². The minimum atomic E-state index is -0.178. The maximum atomic E-state index is 12.8. The fourth-order valence-corrected chi connectivity index (χ4v) is 2.43. The maximum absolute atomic E-state index is 12.8. The highest BCUT2D eigenvalue weighted by atomic mass is 19.1. The summed E-state index contributed by atoms with van der Waals surface area (Å²) in [4.78, 5) is 0. The monoisotopic (exact) mass is 255 g/mol. The van der Waals surface area contributed by atoms with Gasteiger partial charge in [0, 0.05) is 13.1 Å². The Morgan fingerprint density at radius 1 is 0.947 bits per heavy atom. The molecule has 1 N–H and O–H groups in total. The fourth-order valence-electron chi connectivity index (χ4n) is 2.43. The first-order valence-electron chi connectivity index (χ1n) is 6.86. The standard InChI is InChI=1S/C17H18FN/c18-16-9-5-13(6-10-16)11-19-12-15-3-1-2-4-17(15)14-7-8-14/h1-6,9-10,14,19H,7-8,11-12H2. The third kappa shape index (κ3) is 3.21. The molecular formula is C17H18FN. The molecule has 0 unspecified atom stereocenters. The first kappa shape index (κ1) is 12.4. The number of hydrogen-bond acceptors (Lipinski definition) is 1. The highest BCUT2D eigenvalue weighted by Gasteiger charge is 2.25. The fraction of sp³-hybridized carbons (Fsp3) is 0.294. The van der Waals surface area contributed by atoms with E-state index >= 15 is 0 Å². The molecular weight excluding hydrogens is 237 g/mol. The molecule has 2 aromatic carbocycles. The lowest BCUT2D eigenvalue weighted by Gasteiger charge is -2.10. The van der Waals surface area contributed by atoms with Crippen molar-refractivity contribution in [1.82, 2.24) is 5.32 Å². The Labute approximate surface area is 113 Å². The molecule has 2 aromatic rings. The summed E-state index contributed by atoms with van der Waals surface area (Å²) in [5, 5.41) is 3.44. The normalized spacial score (nSPS) is 14.6. The zero-order valence-corrected chi connectivity index (χ0v) is 10.9. The van der Waals surface area contributed by atoms with Crippen LogP contribution in [0.4, 0.5) is 4.39 Å². The summed E-state index contributed by atoms with van der Waals surface area (Å²) in [5.74, 6) is 0.603. The van der Waals surface area contributed by atoms with E-state index in [2.05, 4.69) is 29.6 Å². The first-order chi connectivity index (χ1) is 9.33. The Kier molecular flexibility index (Phi) is 3.60. The quantitative estimate of drug-likeness (QED) is 0.851. The third-order valence-corrected chi connectivity index (χ3v) is 3.63. The van der Waals surface area contributed by atoms with E-state index in [0.717, 1.165) is 24.6 Å². The molecule has 0 spiro atoms. The summed E-state index contributed by atoms with van der Waals surface area (Å²) in [6.45, 7) is 1.66. The van der Waals surface area contributed by atoms with Crippen LogP contribution < -0.4 is 5.32 Å². The van der Waals surface area contributed by atoms with Crippen LogP contribution in [-0.2, 0) is 13.1 Å². The van der Waals surface area contributed by atoms with Crippen LogP contribution in [0.15, 0.2) is 48.5 Å². The molecule has 0 aromatic heterocycles. The Bertz CT molecular complexity index is 543. The van der Waals surface area contributed by atoms with Gasteiger partial charge in [0.1, 0.15) is 5.82 Å². The first-order valence-corrected chi connectivity index (χ1v) is 6.86. The Balaban J connectivity index is 1.59. The number of halogens is 1. The molecule has 0 atom stereocenters. The van der Waals surface area contributed by atoms with Crippen molar-refractivity contribution < 1.29 is 4.39 Å². The summed E-state index contributed by atoms with van der Waals surface area (Å²) in [5.41, 5.74) is 4.01. The molecule has 1 aliphatic carbocycles. The van der Waals surface area contributed by atoms with Crippen LogP contribution in [0.5, 0.6) is 0 Å². The predicted molar refractivity (Wildman–Crippen MR) is 75.4 cm³/mol. The Morgan fingerprint density at radius 2 is 1.68 bits per heavy atom. The maximum Gasteiger partial charge on any atom is 0.123 e. The lowest BCUT2D eigenvalue weighted by atomic mass is 10.0. The molecule has 0 bridgehead atoms. The van der Waals surface area contributed by atoms with Gasteiger partial charge in [-0.25, -0.2) is 4.39 Å². The van der Waals surface area contributed by atoms with Crippen molar-refractivity contribution in [2.24, 2.45) is 0 Å². The van der Waals surface area contributed by atoms with Crippen LogP contribution in [-0.4, -0.2) is 0 Å². The van der Waals surface area contributed by atoms with E-state index in [1.54, 1.807) is 0 Å². The average molecular weight is 255 g/mol. The lowest BCUT2D eigenvalue weighted by Crippen LogP contribution is -2.13. The molecule has 0 saturated heterocycles. The van der Waals surface area contributed by atoms with Gasteiger partial charge >= 0.3 is 0 Å². The topological polar surface area (TPSA) is 12.0 Å². The second-order valence-corrected chi connectivity index (χ2v) is 5.20. The van der Waals surface area contributed by atoms with Gasteiger partial charge in [-0.1, -0.05) is 36.4 Å². The van der Waals surface area contributed by atoms with Gasteiger partial charge in [-0.3, -0.25) is 0 Å². The summed E-state index contributed by atoms with van der Waals surface area (Å²) in [6.07, 6.45) is 2.66. The van der Waals surface area contributed by atoms with Crippen LogP contribution in [0.3, 0.4) is 0 Å². The molecule has 1 fully saturated rings. The van der Waals surface area contributed by atoms with Crippen LogP contribution in [0.25, 0.3) is 0 Å². The highest BCUT2D eigenvalue weighted by Crippen LogP contribution is 2.41. The molecule has 0 heterocycles. The number of hydrogen-bond donors (Lipinski definition) is 1. The summed E-state index contributed by atoms with van der Waals surface area (Å²) >= 11 is 0. The molecule has 1 aliphatic rings. The highest BCUT2D eigenvalue weighted by molar-refractivity contribution is 5.33. The van der Waals surface area contributed by atoms with E-state index in [0.29, 0.717) is 0 Å². The largest absolute Gasteiger partial charge is 0.309 e. The molecule has 1 saturated carbocycles. The van der Waals surface area contributed by atoms with Crippen LogP contribution >= 0.6 is 0 Å². The molecule has 3 rings (SSSR count). The van der Waals surface area contributed by atoms with Gasteiger partial charge in [0.25, 0.3) is 0 Å². The van der Waals surface area contributed by atoms with E-state index in [4.69, 9.17) is 0 Å². The van der Waals surface area contributed by atoms with Gasteiger partial charge in [0.2, 0.25) is 0 Å². The SMILES string of the molecule is Fc1ccc(CNCc2ccccc2C2CC2)cc1. The van der Waals surface area contributed by atoms with Gasteiger partial charge < -0.3 is 5.32 Å². The van der Waals surface area contributed by atoms with Gasteiger partial charge in [-0.05, 0) is 47.6 Å². The molecule has 0 aliphatic heterocycles. The molecule has 2 heteroatoms. The van der Waals surface area contributed by atoms with Crippen LogP contribution in [0.2, 0.25) is 0 Å². The second-order valence-electron chi connectivity index (χ2n) is 5.20. The second kappa shape index (κ2) is 5.54. The van der Waals surface area contributed by atoms with Crippen molar-refractivity contribution in [3.63, 3.8) is 0 Å². The van der Waals surface area contributed by atoms with E-state index in [9.17, 15) is 4.39 Å². The predicted octanol–water partition coefficient (Wildman–Crippen LogP) is 3.99. The lowest BCUT2D eigenvalue weighted by molar-refractivity contribution is 0.624. The summed E-state index contributed by atoms with van der Waals surface area (Å²) < 4.78 is 12.8. The van der Waals surface area contributed by atoms with E-state index in [-0.39, 0.29) is 5.82 Å². The average Bonchev–Trinajstić information content (AvgIpc) is 3.26. The van der Waals surface area contributed by atoms with Crippen molar-refractivity contribution in [1.29, 1.82) is 0 Å². The van der Waals surface area contributed by atoms with Crippen molar-refractivity contribution in [2.75, 3.05) is 0 Å². The van der Waals surface area contributed by atoms with Gasteiger partial charge in [0.15, 0.2) is 0 Å². The molecule has 0 amide bonds. The minimum Gasteiger partial charge on any atom is -0.309 e. The van der Waals surface area contributed by atoms with Gasteiger partial charge in [-0.2, -0.15) is 0 Å². The van der Waals surface area contributed by atoms with E-state index in [1.807, 2.05) is 12.1 Å². The summed E-state index contributed by atoms with van der Waals surface area (Å²) in [7, 11) is 0. The van der Waals surface area contributed by atoms with Gasteiger partial charge in [0.05, 0.1) is 0 Å². The summed E-state index contributed by atoms with van der Waals surface area (Å²) in [6, 6.07) is 15.3. The number of rotatable bonds is 5. The third-order valence-electron chi connectivity index (χ3n) is 3.63. The number of benzene rings is 2. The van der Waals surface area contributed by atoms with Crippen LogP contribution in [0.1, 0.15) is 35.4 Å². The minimum absolute atomic E-state index is 0.178. The zero-order valence-electron chi connectivity index (χ0n) is 10.9. The smallest absolute Gasteiger partial charge is 0.123 e. The molecule has 1 nitrogen and oxygen atoms in total. The van der Waals surface area contributed by atoms with Crippen molar-refractivity contribution in [2.45, 2.75) is 31.8 Å².